The van der Waals surface area contributed by atoms with E-state index in [1.807, 2.05) is 0 Å². The average molecular weight is 216 g/mol. The van der Waals surface area contributed by atoms with E-state index in [2.05, 4.69) is 31.0 Å². The minimum atomic E-state index is -0.766. The van der Waals surface area contributed by atoms with E-state index < -0.39 is 12.0 Å². The maximum absolute atomic E-state index is 10.8. The number of hydrogen-bond donors (Lipinski definition) is 2. The lowest BCUT2D eigenvalue weighted by atomic mass is 10.1. The van der Waals surface area contributed by atoms with E-state index in [1.54, 1.807) is 7.05 Å². The Labute approximate surface area is 92.7 Å². The van der Waals surface area contributed by atoms with Gasteiger partial charge < -0.3 is 15.3 Å². The highest BCUT2D eigenvalue weighted by Gasteiger charge is 2.17. The van der Waals surface area contributed by atoms with Crippen molar-refractivity contribution in [2.75, 3.05) is 20.1 Å². The van der Waals surface area contributed by atoms with Crippen LogP contribution in [-0.4, -0.2) is 48.2 Å². The van der Waals surface area contributed by atoms with Gasteiger partial charge in [0.05, 0.1) is 0 Å². The number of nitrogens with one attached hydrogen (secondary N) is 1. The summed E-state index contributed by atoms with van der Waals surface area (Å²) < 4.78 is 0. The highest BCUT2D eigenvalue weighted by molar-refractivity contribution is 5.73. The van der Waals surface area contributed by atoms with Gasteiger partial charge in [-0.25, -0.2) is 0 Å². The third-order valence-corrected chi connectivity index (χ3v) is 2.97. The molecule has 0 rings (SSSR count). The Morgan fingerprint density at radius 3 is 2.40 bits per heavy atom. The number of likely N-dealkylation sites (N-methyl/N-ethyl adjacent to an activating group) is 1. The fourth-order valence-electron chi connectivity index (χ4n) is 1.63. The number of carbonyl (C=O) groups is 1. The van der Waals surface area contributed by atoms with E-state index in [0.29, 0.717) is 12.5 Å². The molecule has 2 unspecified atom stereocenters. The smallest absolute Gasteiger partial charge is 0.320 e. The second-order valence-electron chi connectivity index (χ2n) is 3.85. The standard InChI is InChI=1S/C11H24N2O2/c1-5-9(3)13(6-2)8-7-10(12-4)11(14)15/h9-10,12H,5-8H2,1-4H3,(H,14,15). The van der Waals surface area contributed by atoms with E-state index in [1.165, 1.54) is 0 Å². The van der Waals surface area contributed by atoms with Crippen LogP contribution in [0.25, 0.3) is 0 Å². The van der Waals surface area contributed by atoms with Gasteiger partial charge in [0.2, 0.25) is 0 Å². The molecular weight excluding hydrogens is 192 g/mol. The molecule has 15 heavy (non-hydrogen) atoms. The van der Waals surface area contributed by atoms with Crippen LogP contribution in [0.5, 0.6) is 0 Å². The highest BCUT2D eigenvalue weighted by atomic mass is 16.4. The van der Waals surface area contributed by atoms with Crippen molar-refractivity contribution in [2.24, 2.45) is 0 Å². The first-order chi connectivity index (χ1) is 7.06. The zero-order valence-corrected chi connectivity index (χ0v) is 10.3. The largest absolute Gasteiger partial charge is 0.480 e. The van der Waals surface area contributed by atoms with E-state index in [9.17, 15) is 4.79 Å². The fourth-order valence-corrected chi connectivity index (χ4v) is 1.63. The Morgan fingerprint density at radius 2 is 2.07 bits per heavy atom. The van der Waals surface area contributed by atoms with Gasteiger partial charge in [0, 0.05) is 12.6 Å². The van der Waals surface area contributed by atoms with Crippen LogP contribution in [0.2, 0.25) is 0 Å². The van der Waals surface area contributed by atoms with Crippen molar-refractivity contribution in [1.29, 1.82) is 0 Å². The predicted octanol–water partition coefficient (Wildman–Crippen LogP) is 1.17. The Hall–Kier alpha value is -0.610. The Balaban J connectivity index is 4.03. The summed E-state index contributed by atoms with van der Waals surface area (Å²) in [5.41, 5.74) is 0. The molecule has 0 spiro atoms. The number of rotatable bonds is 8. The summed E-state index contributed by atoms with van der Waals surface area (Å²) in [6.07, 6.45) is 1.76. The third-order valence-electron chi connectivity index (χ3n) is 2.97. The second kappa shape index (κ2) is 7.65. The SMILES string of the molecule is CCC(C)N(CC)CCC(NC)C(=O)O. The molecule has 0 aromatic carbocycles. The van der Waals surface area contributed by atoms with Gasteiger partial charge in [-0.2, -0.15) is 0 Å². The minimum Gasteiger partial charge on any atom is -0.480 e. The lowest BCUT2D eigenvalue weighted by molar-refractivity contribution is -0.139. The van der Waals surface area contributed by atoms with Crippen LogP contribution in [-0.2, 0) is 4.79 Å². The summed E-state index contributed by atoms with van der Waals surface area (Å²) in [6.45, 7) is 8.26. The quantitative estimate of drug-likeness (QED) is 0.639. The van der Waals surface area contributed by atoms with Crippen LogP contribution in [0.4, 0.5) is 0 Å². The summed E-state index contributed by atoms with van der Waals surface area (Å²) in [5.74, 6) is -0.766. The van der Waals surface area contributed by atoms with Gasteiger partial charge >= 0.3 is 5.97 Å². The zero-order chi connectivity index (χ0) is 11.8. The molecule has 0 aromatic rings. The maximum Gasteiger partial charge on any atom is 0.320 e. The first kappa shape index (κ1) is 14.4. The molecule has 0 aliphatic carbocycles. The van der Waals surface area contributed by atoms with Crippen LogP contribution < -0.4 is 5.32 Å². The molecular formula is C11H24N2O2. The van der Waals surface area contributed by atoms with Crippen molar-refractivity contribution >= 4 is 5.97 Å². The second-order valence-corrected chi connectivity index (χ2v) is 3.85. The summed E-state index contributed by atoms with van der Waals surface area (Å²) in [4.78, 5) is 13.1. The Bertz CT molecular complexity index is 185. The zero-order valence-electron chi connectivity index (χ0n) is 10.3. The Morgan fingerprint density at radius 1 is 1.47 bits per heavy atom. The topological polar surface area (TPSA) is 52.6 Å². The minimum absolute atomic E-state index is 0.428. The van der Waals surface area contributed by atoms with Gasteiger partial charge in [-0.3, -0.25) is 4.79 Å². The van der Waals surface area contributed by atoms with Gasteiger partial charge in [-0.15, -0.1) is 0 Å². The van der Waals surface area contributed by atoms with Gasteiger partial charge in [0.15, 0.2) is 0 Å². The molecule has 0 saturated heterocycles. The molecule has 90 valence electrons. The predicted molar refractivity (Wildman–Crippen MR) is 62.1 cm³/mol. The molecule has 0 aromatic heterocycles. The fraction of sp³-hybridized carbons (Fsp3) is 0.909. The van der Waals surface area contributed by atoms with E-state index in [0.717, 1.165) is 19.5 Å². The molecule has 0 radical (unpaired) electrons. The van der Waals surface area contributed by atoms with Crippen LogP contribution in [0.3, 0.4) is 0 Å². The third kappa shape index (κ3) is 5.14. The summed E-state index contributed by atoms with van der Waals surface area (Å²) in [5, 5.41) is 11.7. The van der Waals surface area contributed by atoms with Crippen LogP contribution >= 0.6 is 0 Å². The molecule has 0 heterocycles. The molecule has 0 aliphatic rings. The molecule has 0 aliphatic heterocycles. The molecule has 2 atom stereocenters. The van der Waals surface area contributed by atoms with E-state index in [4.69, 9.17) is 5.11 Å². The highest BCUT2D eigenvalue weighted by Crippen LogP contribution is 2.05. The molecule has 4 nitrogen and oxygen atoms in total. The van der Waals surface area contributed by atoms with Gasteiger partial charge in [0.1, 0.15) is 6.04 Å². The molecule has 2 N–H and O–H groups in total. The lowest BCUT2D eigenvalue weighted by Gasteiger charge is -2.27. The summed E-state index contributed by atoms with van der Waals surface area (Å²) in [6, 6.07) is 0.101. The average Bonchev–Trinajstić information content (AvgIpc) is 2.23. The maximum atomic E-state index is 10.8. The van der Waals surface area contributed by atoms with Crippen molar-refractivity contribution in [3.63, 3.8) is 0 Å². The first-order valence-corrected chi connectivity index (χ1v) is 5.70. The summed E-state index contributed by atoms with van der Waals surface area (Å²) in [7, 11) is 1.69. The van der Waals surface area contributed by atoms with E-state index >= 15 is 0 Å². The van der Waals surface area contributed by atoms with Gasteiger partial charge in [-0.1, -0.05) is 13.8 Å². The normalized spacial score (nSPS) is 15.3. The van der Waals surface area contributed by atoms with Crippen LogP contribution in [0, 0.1) is 0 Å². The molecule has 4 heteroatoms. The Kier molecular flexibility index (Phi) is 7.34. The van der Waals surface area contributed by atoms with Crippen LogP contribution in [0.1, 0.15) is 33.6 Å². The number of nitrogens with zero attached hydrogens (tertiary/aromatic N) is 1. The number of carboxylic acid groups (broad SMARTS) is 1. The van der Waals surface area contributed by atoms with Crippen molar-refractivity contribution in [2.45, 2.75) is 45.7 Å². The number of aliphatic carboxylic acids is 1. The van der Waals surface area contributed by atoms with Gasteiger partial charge in [0.25, 0.3) is 0 Å². The number of hydrogen-bond acceptors (Lipinski definition) is 3. The van der Waals surface area contributed by atoms with Crippen molar-refractivity contribution in [3.8, 4) is 0 Å². The molecule has 0 fully saturated rings. The summed E-state index contributed by atoms with van der Waals surface area (Å²) >= 11 is 0. The van der Waals surface area contributed by atoms with Crippen molar-refractivity contribution in [3.05, 3.63) is 0 Å². The molecule has 0 bridgehead atoms. The van der Waals surface area contributed by atoms with Crippen molar-refractivity contribution in [1.82, 2.24) is 10.2 Å². The van der Waals surface area contributed by atoms with Crippen LogP contribution in [0.15, 0.2) is 0 Å². The number of carboxylic acids is 1. The van der Waals surface area contributed by atoms with E-state index in [-0.39, 0.29) is 0 Å². The first-order valence-electron chi connectivity index (χ1n) is 5.70. The van der Waals surface area contributed by atoms with Crippen molar-refractivity contribution < 1.29 is 9.90 Å². The molecule has 0 saturated carbocycles. The monoisotopic (exact) mass is 216 g/mol. The molecule has 0 amide bonds. The van der Waals surface area contributed by atoms with Gasteiger partial charge in [-0.05, 0) is 33.4 Å². The lowest BCUT2D eigenvalue weighted by Crippen LogP contribution is -2.40.